The Morgan fingerprint density at radius 1 is 0.902 bits per heavy atom. The number of hydrogen-bond donors (Lipinski definition) is 0. The number of benzene rings is 3. The Labute approximate surface area is 242 Å². The number of ether oxygens (including phenoxy) is 1. The lowest BCUT2D eigenvalue weighted by Crippen LogP contribution is -2.44. The maximum atomic E-state index is 14.3. The topological polar surface area (TPSA) is 62.7 Å². The highest BCUT2D eigenvalue weighted by atomic mass is 16.6. The molecule has 0 saturated heterocycles. The van der Waals surface area contributed by atoms with Gasteiger partial charge in [-0.1, -0.05) is 72.8 Å². The van der Waals surface area contributed by atoms with Crippen molar-refractivity contribution in [3.8, 4) is 11.1 Å². The van der Waals surface area contributed by atoms with Crippen molar-refractivity contribution in [3.63, 3.8) is 0 Å². The van der Waals surface area contributed by atoms with E-state index in [1.807, 2.05) is 81.1 Å². The molecule has 6 nitrogen and oxygen atoms in total. The Morgan fingerprint density at radius 2 is 1.61 bits per heavy atom. The van der Waals surface area contributed by atoms with E-state index in [0.717, 1.165) is 38.7 Å². The lowest BCUT2D eigenvalue weighted by Gasteiger charge is -2.34. The minimum Gasteiger partial charge on any atom is -0.444 e. The minimum absolute atomic E-state index is 0.0874. The third kappa shape index (κ3) is 6.49. The molecular weight excluding hydrogens is 510 g/mol. The number of nitrogens with zero attached hydrogens (tertiary/aromatic N) is 3. The second kappa shape index (κ2) is 12.0. The molecule has 0 atom stereocenters. The number of likely N-dealkylation sites (N-methyl/N-ethyl adjacent to an activating group) is 1. The van der Waals surface area contributed by atoms with Gasteiger partial charge in [-0.25, -0.2) is 4.79 Å². The van der Waals surface area contributed by atoms with Gasteiger partial charge in [-0.15, -0.1) is 0 Å². The molecule has 2 heterocycles. The van der Waals surface area contributed by atoms with Crippen LogP contribution in [-0.4, -0.2) is 52.0 Å². The van der Waals surface area contributed by atoms with Crippen LogP contribution >= 0.6 is 0 Å². The van der Waals surface area contributed by atoms with E-state index in [1.165, 1.54) is 0 Å². The Balaban J connectivity index is 1.53. The molecule has 2 amide bonds. The Hall–Kier alpha value is -4.45. The molecule has 0 radical (unpaired) electrons. The molecule has 0 fully saturated rings. The van der Waals surface area contributed by atoms with Crippen LogP contribution in [-0.2, 0) is 16.1 Å². The molecule has 5 rings (SSSR count). The molecule has 4 aromatic rings. The molecule has 0 bridgehead atoms. The number of rotatable bonds is 6. The van der Waals surface area contributed by atoms with Crippen molar-refractivity contribution in [1.82, 2.24) is 14.8 Å². The number of hydrogen-bond acceptors (Lipinski definition) is 4. The van der Waals surface area contributed by atoms with E-state index in [1.54, 1.807) is 11.1 Å². The molecule has 41 heavy (non-hydrogen) atoms. The first-order valence-corrected chi connectivity index (χ1v) is 14.2. The van der Waals surface area contributed by atoms with E-state index in [-0.39, 0.29) is 12.5 Å². The van der Waals surface area contributed by atoms with E-state index in [4.69, 9.17) is 4.74 Å². The zero-order chi connectivity index (χ0) is 29.0. The Bertz CT molecular complexity index is 1580. The van der Waals surface area contributed by atoms with Crippen molar-refractivity contribution in [2.24, 2.45) is 0 Å². The number of aromatic nitrogens is 1. The number of carbonyl (C=O) groups is 2. The van der Waals surface area contributed by atoms with Crippen LogP contribution in [0.5, 0.6) is 0 Å². The largest absolute Gasteiger partial charge is 0.444 e. The summed E-state index contributed by atoms with van der Waals surface area (Å²) < 4.78 is 5.68. The maximum Gasteiger partial charge on any atom is 0.410 e. The fourth-order valence-electron chi connectivity index (χ4n) is 5.28. The van der Waals surface area contributed by atoms with Gasteiger partial charge in [-0.2, -0.15) is 0 Å². The van der Waals surface area contributed by atoms with Crippen LogP contribution in [0.2, 0.25) is 0 Å². The lowest BCUT2D eigenvalue weighted by atomic mass is 9.90. The molecule has 0 aliphatic carbocycles. The molecular formula is C35H37N3O3. The molecule has 0 spiro atoms. The fraction of sp³-hybridized carbons (Fsp3) is 0.286. The van der Waals surface area contributed by atoms with Crippen LogP contribution < -0.4 is 0 Å². The predicted octanol–water partition coefficient (Wildman–Crippen LogP) is 7.34. The quantitative estimate of drug-likeness (QED) is 0.253. The van der Waals surface area contributed by atoms with Crippen LogP contribution in [0.1, 0.15) is 45.4 Å². The van der Waals surface area contributed by atoms with Crippen molar-refractivity contribution in [3.05, 3.63) is 108 Å². The van der Waals surface area contributed by atoms with Crippen LogP contribution in [0, 0.1) is 0 Å². The predicted molar refractivity (Wildman–Crippen MR) is 164 cm³/mol. The van der Waals surface area contributed by atoms with Crippen molar-refractivity contribution < 1.29 is 14.3 Å². The monoisotopic (exact) mass is 547 g/mol. The molecule has 0 unspecified atom stereocenters. The van der Waals surface area contributed by atoms with Crippen LogP contribution in [0.3, 0.4) is 0 Å². The molecule has 1 aromatic heterocycles. The number of amides is 2. The fourth-order valence-corrected chi connectivity index (χ4v) is 5.28. The number of carbonyl (C=O) groups excluding carboxylic acids is 2. The molecule has 6 heteroatoms. The average molecular weight is 548 g/mol. The molecule has 1 aliphatic heterocycles. The summed E-state index contributed by atoms with van der Waals surface area (Å²) in [6, 6.07) is 28.6. The third-order valence-electron chi connectivity index (χ3n) is 7.34. The highest BCUT2D eigenvalue weighted by molar-refractivity contribution is 6.03. The van der Waals surface area contributed by atoms with Crippen molar-refractivity contribution in [2.45, 2.75) is 46.3 Å². The molecule has 0 saturated carbocycles. The van der Waals surface area contributed by atoms with E-state index in [0.29, 0.717) is 31.6 Å². The summed E-state index contributed by atoms with van der Waals surface area (Å²) in [5.74, 6) is -0.0874. The van der Waals surface area contributed by atoms with Gasteiger partial charge >= 0.3 is 6.09 Å². The van der Waals surface area contributed by atoms with Gasteiger partial charge in [0.05, 0.1) is 18.8 Å². The molecule has 1 aliphatic rings. The summed E-state index contributed by atoms with van der Waals surface area (Å²) in [6.07, 6.45) is 1.95. The zero-order valence-corrected chi connectivity index (χ0v) is 24.3. The number of pyridine rings is 1. The van der Waals surface area contributed by atoms with E-state index >= 15 is 0 Å². The zero-order valence-electron chi connectivity index (χ0n) is 24.3. The lowest BCUT2D eigenvalue weighted by molar-refractivity contribution is -0.127. The van der Waals surface area contributed by atoms with Gasteiger partial charge in [-0.05, 0) is 73.9 Å². The average Bonchev–Trinajstić information content (AvgIpc) is 2.99. The summed E-state index contributed by atoms with van der Waals surface area (Å²) in [7, 11) is 0. The Kier molecular flexibility index (Phi) is 8.20. The minimum atomic E-state index is -0.620. The first kappa shape index (κ1) is 28.1. The summed E-state index contributed by atoms with van der Waals surface area (Å²) in [6.45, 7) is 9.11. The van der Waals surface area contributed by atoms with E-state index in [2.05, 4.69) is 41.4 Å². The van der Waals surface area contributed by atoms with Crippen molar-refractivity contribution in [1.29, 1.82) is 0 Å². The third-order valence-corrected chi connectivity index (χ3v) is 7.34. The van der Waals surface area contributed by atoms with Gasteiger partial charge in [0.1, 0.15) is 5.60 Å². The summed E-state index contributed by atoms with van der Waals surface area (Å²) in [5, 5.41) is 2.12. The smallest absolute Gasteiger partial charge is 0.410 e. The normalized spacial score (nSPS) is 13.8. The first-order chi connectivity index (χ1) is 19.7. The molecule has 210 valence electrons. The molecule has 3 aromatic carbocycles. The first-order valence-electron chi connectivity index (χ1n) is 14.2. The maximum absolute atomic E-state index is 14.3. The van der Waals surface area contributed by atoms with Crippen LogP contribution in [0.4, 0.5) is 4.79 Å². The van der Waals surface area contributed by atoms with Gasteiger partial charge in [0.15, 0.2) is 0 Å². The summed E-state index contributed by atoms with van der Waals surface area (Å²) in [5.41, 5.74) is 5.02. The summed E-state index contributed by atoms with van der Waals surface area (Å²) >= 11 is 0. The molecule has 0 N–H and O–H groups in total. The van der Waals surface area contributed by atoms with Crippen LogP contribution in [0.25, 0.3) is 27.5 Å². The van der Waals surface area contributed by atoms with E-state index < -0.39 is 11.7 Å². The van der Waals surface area contributed by atoms with Gasteiger partial charge in [0, 0.05) is 30.2 Å². The van der Waals surface area contributed by atoms with Gasteiger partial charge in [0.25, 0.3) is 5.91 Å². The Morgan fingerprint density at radius 3 is 2.37 bits per heavy atom. The van der Waals surface area contributed by atoms with Crippen LogP contribution in [0.15, 0.2) is 96.7 Å². The number of fused-ring (bicyclic) bond motifs is 1. The highest BCUT2D eigenvalue weighted by Crippen LogP contribution is 2.32. The van der Waals surface area contributed by atoms with Gasteiger partial charge in [0.2, 0.25) is 0 Å². The standard InChI is InChI=1S/C35H37N3O3/c1-5-37(24-32-30-17-10-9-14-26(30)18-20-36-32)33(39)31-23-38(34(40)41-35(2,3)4)21-19-29(31)28-16-11-15-27(22-28)25-12-7-6-8-13-25/h6-18,20,22H,5,19,21,23-24H2,1-4H3. The van der Waals surface area contributed by atoms with Crippen molar-refractivity contribution >= 4 is 28.3 Å². The second-order valence-electron chi connectivity index (χ2n) is 11.4. The van der Waals surface area contributed by atoms with Crippen molar-refractivity contribution in [2.75, 3.05) is 19.6 Å². The second-order valence-corrected chi connectivity index (χ2v) is 11.4. The van der Waals surface area contributed by atoms with E-state index in [9.17, 15) is 9.59 Å². The SMILES string of the molecule is CCN(Cc1nccc2ccccc12)C(=O)C1=C(c2cccc(-c3ccccc3)c2)CCN(C(=O)OC(C)(C)C)C1. The summed E-state index contributed by atoms with van der Waals surface area (Å²) in [4.78, 5) is 35.5. The highest BCUT2D eigenvalue weighted by Gasteiger charge is 2.32. The van der Waals surface area contributed by atoms with Gasteiger partial charge in [-0.3, -0.25) is 9.78 Å². The van der Waals surface area contributed by atoms with Gasteiger partial charge < -0.3 is 14.5 Å².